The fraction of sp³-hybridized carbons (Fsp3) is 0.500. The van der Waals surface area contributed by atoms with E-state index in [0.717, 1.165) is 19.1 Å². The predicted octanol–water partition coefficient (Wildman–Crippen LogP) is 1.37. The Kier molecular flexibility index (Phi) is 5.41. The summed E-state index contributed by atoms with van der Waals surface area (Å²) in [6.45, 7) is 2.30. The van der Waals surface area contributed by atoms with Crippen LogP contribution in [-0.4, -0.2) is 32.7 Å². The van der Waals surface area contributed by atoms with E-state index in [4.69, 9.17) is 5.73 Å². The summed E-state index contributed by atoms with van der Waals surface area (Å²) >= 11 is 0. The summed E-state index contributed by atoms with van der Waals surface area (Å²) in [7, 11) is -3.32. The zero-order valence-corrected chi connectivity index (χ0v) is 13.8. The third-order valence-corrected chi connectivity index (χ3v) is 4.94. The van der Waals surface area contributed by atoms with E-state index in [1.165, 1.54) is 12.1 Å². The Bertz CT molecular complexity index is 629. The number of nitrogens with one attached hydrogen (secondary N) is 1. The van der Waals surface area contributed by atoms with Crippen LogP contribution >= 0.6 is 12.4 Å². The maximum atomic E-state index is 12.3. The molecular formula is C14H21ClN2O3S. The predicted molar refractivity (Wildman–Crippen MR) is 84.4 cm³/mol. The maximum absolute atomic E-state index is 12.3. The molecule has 118 valence electrons. The molecule has 1 aliphatic rings. The highest BCUT2D eigenvalue weighted by atomic mass is 35.5. The largest absolute Gasteiger partial charge is 0.345 e. The van der Waals surface area contributed by atoms with E-state index in [0.29, 0.717) is 18.0 Å². The molecule has 3 N–H and O–H groups in total. The first-order chi connectivity index (χ1) is 9.26. The van der Waals surface area contributed by atoms with Gasteiger partial charge in [0.25, 0.3) is 5.91 Å². The zero-order valence-electron chi connectivity index (χ0n) is 12.1. The number of carbonyl (C=O) groups excluding carboxylic acids is 1. The van der Waals surface area contributed by atoms with Gasteiger partial charge in [-0.05, 0) is 43.9 Å². The van der Waals surface area contributed by atoms with E-state index in [2.05, 4.69) is 5.32 Å². The molecule has 1 aromatic carbocycles. The second-order valence-corrected chi connectivity index (χ2v) is 7.67. The molecule has 0 spiro atoms. The van der Waals surface area contributed by atoms with Crippen LogP contribution < -0.4 is 11.1 Å². The van der Waals surface area contributed by atoms with Crippen LogP contribution in [0.25, 0.3) is 0 Å². The summed E-state index contributed by atoms with van der Waals surface area (Å²) in [5.41, 5.74) is 5.69. The Morgan fingerprint density at radius 1 is 1.43 bits per heavy atom. The van der Waals surface area contributed by atoms with Crippen molar-refractivity contribution in [3.8, 4) is 0 Å². The molecule has 1 aliphatic carbocycles. The minimum atomic E-state index is -3.32. The summed E-state index contributed by atoms with van der Waals surface area (Å²) in [5, 5.41) is 2.94. The van der Waals surface area contributed by atoms with Gasteiger partial charge < -0.3 is 11.1 Å². The molecule has 0 aliphatic heterocycles. The first-order valence-corrected chi connectivity index (χ1v) is 8.48. The quantitative estimate of drug-likeness (QED) is 0.852. The van der Waals surface area contributed by atoms with Crippen molar-refractivity contribution in [2.75, 3.05) is 12.8 Å². The van der Waals surface area contributed by atoms with Crippen LogP contribution in [0.5, 0.6) is 0 Å². The van der Waals surface area contributed by atoms with Crippen molar-refractivity contribution in [1.29, 1.82) is 0 Å². The Morgan fingerprint density at radius 3 is 2.52 bits per heavy atom. The normalized spacial score (nSPS) is 17.5. The highest BCUT2D eigenvalue weighted by molar-refractivity contribution is 7.90. The van der Waals surface area contributed by atoms with E-state index < -0.39 is 15.4 Å². The molecule has 0 saturated heterocycles. The van der Waals surface area contributed by atoms with Crippen molar-refractivity contribution in [3.05, 3.63) is 29.8 Å². The van der Waals surface area contributed by atoms with Crippen LogP contribution in [0.15, 0.2) is 29.2 Å². The monoisotopic (exact) mass is 332 g/mol. The number of nitrogens with two attached hydrogens (primary N) is 1. The van der Waals surface area contributed by atoms with Crippen LogP contribution in [0.3, 0.4) is 0 Å². The van der Waals surface area contributed by atoms with Crippen LogP contribution in [0.4, 0.5) is 0 Å². The van der Waals surface area contributed by atoms with Gasteiger partial charge in [0, 0.05) is 18.4 Å². The number of halogens is 1. The van der Waals surface area contributed by atoms with Crippen LogP contribution in [-0.2, 0) is 9.84 Å². The first kappa shape index (κ1) is 17.9. The Balaban J connectivity index is 0.00000220. The van der Waals surface area contributed by atoms with Crippen molar-refractivity contribution in [1.82, 2.24) is 5.32 Å². The van der Waals surface area contributed by atoms with Gasteiger partial charge in [-0.2, -0.15) is 0 Å². The van der Waals surface area contributed by atoms with Gasteiger partial charge in [0.15, 0.2) is 9.84 Å². The lowest BCUT2D eigenvalue weighted by Crippen LogP contribution is -2.53. The minimum absolute atomic E-state index is 0. The average Bonchev–Trinajstić information content (AvgIpc) is 3.22. The molecule has 1 atom stereocenters. The molecule has 0 radical (unpaired) electrons. The highest BCUT2D eigenvalue weighted by Gasteiger charge is 2.41. The lowest BCUT2D eigenvalue weighted by molar-refractivity contribution is 0.0897. The Labute approximate surface area is 131 Å². The maximum Gasteiger partial charge on any atom is 0.251 e. The van der Waals surface area contributed by atoms with E-state index in [1.54, 1.807) is 12.1 Å². The van der Waals surface area contributed by atoms with Crippen molar-refractivity contribution < 1.29 is 13.2 Å². The molecule has 0 aromatic heterocycles. The van der Waals surface area contributed by atoms with E-state index in [-0.39, 0.29) is 23.2 Å². The molecule has 1 unspecified atom stereocenters. The smallest absolute Gasteiger partial charge is 0.251 e. The SMILES string of the molecule is CC(CN)(NC(=O)c1cccc(S(C)(=O)=O)c1)C1CC1.Cl. The molecule has 0 bridgehead atoms. The van der Waals surface area contributed by atoms with Crippen molar-refractivity contribution in [3.63, 3.8) is 0 Å². The van der Waals surface area contributed by atoms with Crippen LogP contribution in [0, 0.1) is 5.92 Å². The van der Waals surface area contributed by atoms with Gasteiger partial charge in [-0.3, -0.25) is 4.79 Å². The summed E-state index contributed by atoms with van der Waals surface area (Å²) in [6, 6.07) is 6.06. The first-order valence-electron chi connectivity index (χ1n) is 6.59. The number of carbonyl (C=O) groups is 1. The van der Waals surface area contributed by atoms with E-state index >= 15 is 0 Å². The molecule has 1 fully saturated rings. The second-order valence-electron chi connectivity index (χ2n) is 5.65. The fourth-order valence-corrected chi connectivity index (χ4v) is 2.91. The van der Waals surface area contributed by atoms with E-state index in [9.17, 15) is 13.2 Å². The fourth-order valence-electron chi connectivity index (χ4n) is 2.24. The van der Waals surface area contributed by atoms with Crippen LogP contribution in [0.1, 0.15) is 30.1 Å². The van der Waals surface area contributed by atoms with Gasteiger partial charge in [-0.1, -0.05) is 6.07 Å². The highest BCUT2D eigenvalue weighted by Crippen LogP contribution is 2.39. The molecule has 2 rings (SSSR count). The van der Waals surface area contributed by atoms with Gasteiger partial charge in [0.2, 0.25) is 0 Å². The number of hydrogen-bond donors (Lipinski definition) is 2. The summed E-state index contributed by atoms with van der Waals surface area (Å²) in [5.74, 6) is 0.130. The van der Waals surface area contributed by atoms with Gasteiger partial charge in [0.1, 0.15) is 0 Å². The molecular weight excluding hydrogens is 312 g/mol. The number of rotatable bonds is 5. The Hall–Kier alpha value is -1.11. The van der Waals surface area contributed by atoms with E-state index in [1.807, 2.05) is 6.92 Å². The van der Waals surface area contributed by atoms with Crippen LogP contribution in [0.2, 0.25) is 0 Å². The number of sulfone groups is 1. The lowest BCUT2D eigenvalue weighted by atomic mass is 9.95. The molecule has 1 saturated carbocycles. The third kappa shape index (κ3) is 4.18. The number of hydrogen-bond acceptors (Lipinski definition) is 4. The van der Waals surface area contributed by atoms with Gasteiger partial charge in [-0.15, -0.1) is 12.4 Å². The van der Waals surface area contributed by atoms with Crippen molar-refractivity contribution in [2.24, 2.45) is 11.7 Å². The number of benzene rings is 1. The van der Waals surface area contributed by atoms with Crippen molar-refractivity contribution in [2.45, 2.75) is 30.2 Å². The lowest BCUT2D eigenvalue weighted by Gasteiger charge is -2.29. The number of amides is 1. The molecule has 5 nitrogen and oxygen atoms in total. The van der Waals surface area contributed by atoms with Gasteiger partial charge in [-0.25, -0.2) is 8.42 Å². The topological polar surface area (TPSA) is 89.3 Å². The Morgan fingerprint density at radius 2 is 2.05 bits per heavy atom. The summed E-state index contributed by atoms with van der Waals surface area (Å²) < 4.78 is 23.0. The molecule has 7 heteroatoms. The average molecular weight is 333 g/mol. The molecule has 1 aromatic rings. The molecule has 1 amide bonds. The van der Waals surface area contributed by atoms with Gasteiger partial charge >= 0.3 is 0 Å². The summed E-state index contributed by atoms with van der Waals surface area (Å²) in [4.78, 5) is 12.4. The minimum Gasteiger partial charge on any atom is -0.345 e. The second kappa shape index (κ2) is 6.34. The van der Waals surface area contributed by atoms with Gasteiger partial charge in [0.05, 0.1) is 10.4 Å². The standard InChI is InChI=1S/C14H20N2O3S.ClH/c1-14(9-15,11-6-7-11)16-13(17)10-4-3-5-12(8-10)20(2,18)19;/h3-5,8,11H,6-7,9,15H2,1-2H3,(H,16,17);1H. The summed E-state index contributed by atoms with van der Waals surface area (Å²) in [6.07, 6.45) is 3.26. The molecule has 0 heterocycles. The van der Waals surface area contributed by atoms with Crippen molar-refractivity contribution >= 4 is 28.2 Å². The third-order valence-electron chi connectivity index (χ3n) is 3.83. The molecule has 21 heavy (non-hydrogen) atoms. The zero-order chi connectivity index (χ0) is 15.0.